The number of quaternary nitrogens is 1. The van der Waals surface area contributed by atoms with E-state index in [0.29, 0.717) is 24.1 Å². The second kappa shape index (κ2) is 37.6. The van der Waals surface area contributed by atoms with Crippen LogP contribution in [-0.2, 0) is 27.9 Å². The quantitative estimate of drug-likeness (QED) is 0.0201. The van der Waals surface area contributed by atoms with Crippen LogP contribution >= 0.6 is 7.82 Å². The third-order valence-corrected chi connectivity index (χ3v) is 10.2. The molecule has 0 saturated carbocycles. The van der Waals surface area contributed by atoms with E-state index in [1.54, 1.807) is 0 Å². The summed E-state index contributed by atoms with van der Waals surface area (Å²) in [7, 11) is 1.35. The summed E-state index contributed by atoms with van der Waals surface area (Å²) in [4.78, 5) is 25.0. The molecule has 312 valence electrons. The van der Waals surface area contributed by atoms with E-state index in [-0.39, 0.29) is 25.8 Å². The summed E-state index contributed by atoms with van der Waals surface area (Å²) in [5.41, 5.74) is 0. The molecule has 0 radical (unpaired) electrons. The van der Waals surface area contributed by atoms with Crippen molar-refractivity contribution in [2.24, 2.45) is 0 Å². The van der Waals surface area contributed by atoms with Crippen LogP contribution in [0.15, 0.2) is 36.5 Å². The van der Waals surface area contributed by atoms with Crippen LogP contribution in [0, 0.1) is 0 Å². The molecular formula is C44H84NO7P. The van der Waals surface area contributed by atoms with Gasteiger partial charge in [0.25, 0.3) is 7.82 Å². The van der Waals surface area contributed by atoms with Crippen LogP contribution < -0.4 is 4.89 Å². The van der Waals surface area contributed by atoms with E-state index in [1.807, 2.05) is 21.1 Å². The summed E-state index contributed by atoms with van der Waals surface area (Å²) in [5.74, 6) is -0.337. The number of phosphoric acid groups is 1. The normalized spacial score (nSPS) is 14.2. The predicted molar refractivity (Wildman–Crippen MR) is 222 cm³/mol. The van der Waals surface area contributed by atoms with Crippen LogP contribution in [0.4, 0.5) is 0 Å². The Morgan fingerprint density at radius 2 is 1.09 bits per heavy atom. The van der Waals surface area contributed by atoms with Crippen molar-refractivity contribution in [2.45, 2.75) is 187 Å². The Morgan fingerprint density at radius 1 is 0.604 bits per heavy atom. The Labute approximate surface area is 327 Å². The van der Waals surface area contributed by atoms with E-state index < -0.39 is 13.9 Å². The number of rotatable bonds is 40. The number of ether oxygens (including phenoxy) is 2. The van der Waals surface area contributed by atoms with Crippen molar-refractivity contribution >= 4 is 13.8 Å². The van der Waals surface area contributed by atoms with Crippen molar-refractivity contribution < 1.29 is 37.3 Å². The van der Waals surface area contributed by atoms with Gasteiger partial charge in [0.15, 0.2) is 0 Å². The topological polar surface area (TPSA) is 94.1 Å². The summed E-state index contributed by atoms with van der Waals surface area (Å²) in [5, 5.41) is 0. The maximum atomic E-state index is 12.6. The summed E-state index contributed by atoms with van der Waals surface area (Å²) in [6.45, 7) is 5.29. The fourth-order valence-electron chi connectivity index (χ4n) is 5.85. The first-order valence-corrected chi connectivity index (χ1v) is 23.2. The summed E-state index contributed by atoms with van der Waals surface area (Å²) in [6, 6.07) is 0. The Bertz CT molecular complexity index is 947. The number of carbonyl (C=O) groups is 1. The van der Waals surface area contributed by atoms with Gasteiger partial charge in [0.05, 0.1) is 34.4 Å². The van der Waals surface area contributed by atoms with E-state index >= 15 is 0 Å². The lowest BCUT2D eigenvalue weighted by molar-refractivity contribution is -0.870. The molecule has 0 aliphatic carbocycles. The molecular weight excluding hydrogens is 685 g/mol. The highest BCUT2D eigenvalue weighted by Crippen LogP contribution is 2.38. The first-order chi connectivity index (χ1) is 25.6. The van der Waals surface area contributed by atoms with Crippen LogP contribution in [0.3, 0.4) is 0 Å². The van der Waals surface area contributed by atoms with Crippen molar-refractivity contribution in [1.29, 1.82) is 0 Å². The largest absolute Gasteiger partial charge is 0.756 e. The molecule has 53 heavy (non-hydrogen) atoms. The van der Waals surface area contributed by atoms with Crippen LogP contribution in [0.5, 0.6) is 0 Å². The van der Waals surface area contributed by atoms with Gasteiger partial charge in [0.1, 0.15) is 19.3 Å². The molecule has 0 aromatic rings. The zero-order chi connectivity index (χ0) is 39.1. The first kappa shape index (κ1) is 51.7. The van der Waals surface area contributed by atoms with E-state index in [0.717, 1.165) is 57.8 Å². The second-order valence-electron chi connectivity index (χ2n) is 15.7. The van der Waals surface area contributed by atoms with E-state index in [9.17, 15) is 14.3 Å². The molecule has 0 aromatic carbocycles. The van der Waals surface area contributed by atoms with Crippen molar-refractivity contribution in [2.75, 3.05) is 54.1 Å². The van der Waals surface area contributed by atoms with Crippen LogP contribution in [0.25, 0.3) is 0 Å². The molecule has 0 aromatic heterocycles. The van der Waals surface area contributed by atoms with E-state index in [4.69, 9.17) is 18.5 Å². The van der Waals surface area contributed by atoms with Gasteiger partial charge < -0.3 is 27.9 Å². The van der Waals surface area contributed by atoms with E-state index in [1.165, 1.54) is 103 Å². The maximum absolute atomic E-state index is 12.6. The molecule has 0 aliphatic rings. The molecule has 0 amide bonds. The monoisotopic (exact) mass is 770 g/mol. The van der Waals surface area contributed by atoms with E-state index in [2.05, 4.69) is 50.3 Å². The molecule has 0 aliphatic heterocycles. The molecule has 0 heterocycles. The lowest BCUT2D eigenvalue weighted by atomic mass is 10.0. The average molecular weight is 770 g/mol. The zero-order valence-corrected chi connectivity index (χ0v) is 36.1. The highest BCUT2D eigenvalue weighted by atomic mass is 31.2. The minimum atomic E-state index is -4.52. The van der Waals surface area contributed by atoms with Crippen LogP contribution in [0.2, 0.25) is 0 Å². The zero-order valence-electron chi connectivity index (χ0n) is 35.2. The molecule has 0 N–H and O–H groups in total. The van der Waals surface area contributed by atoms with Gasteiger partial charge in [-0.2, -0.15) is 0 Å². The van der Waals surface area contributed by atoms with Crippen LogP contribution in [0.1, 0.15) is 181 Å². The Balaban J connectivity index is 4.22. The molecule has 0 saturated heterocycles. The van der Waals surface area contributed by atoms with Gasteiger partial charge in [-0.3, -0.25) is 9.36 Å². The van der Waals surface area contributed by atoms with Crippen molar-refractivity contribution in [3.63, 3.8) is 0 Å². The molecule has 0 spiro atoms. The molecule has 2 unspecified atom stereocenters. The molecule has 2 atom stereocenters. The number of unbranched alkanes of at least 4 members (excludes halogenated alkanes) is 20. The Hall–Kier alpha value is -1.28. The fourth-order valence-corrected chi connectivity index (χ4v) is 6.58. The van der Waals surface area contributed by atoms with Crippen molar-refractivity contribution in [3.05, 3.63) is 36.5 Å². The molecule has 9 heteroatoms. The molecule has 0 bridgehead atoms. The van der Waals surface area contributed by atoms with Gasteiger partial charge in [-0.15, -0.1) is 0 Å². The van der Waals surface area contributed by atoms with Crippen LogP contribution in [-0.4, -0.2) is 70.7 Å². The van der Waals surface area contributed by atoms with Gasteiger partial charge in [-0.25, -0.2) is 0 Å². The Morgan fingerprint density at radius 3 is 1.64 bits per heavy atom. The second-order valence-corrected chi connectivity index (χ2v) is 17.1. The molecule has 8 nitrogen and oxygen atoms in total. The summed E-state index contributed by atoms with van der Waals surface area (Å²) < 4.78 is 34.6. The Kier molecular flexibility index (Phi) is 36.7. The van der Waals surface area contributed by atoms with Gasteiger partial charge >= 0.3 is 5.97 Å². The number of carbonyl (C=O) groups excluding carboxylic acids is 1. The number of nitrogens with zero attached hydrogens (tertiary/aromatic N) is 1. The standard InChI is InChI=1S/C44H84NO7P/c1-6-8-10-12-14-16-18-20-21-22-23-24-26-28-30-32-34-36-39-49-41-43(42-51-53(47,48)50-40-38-45(3,4)5)52-44(46)37-35-33-31-29-27-25-19-17-15-13-11-9-7-2/h8,10,14,16,20-21,43H,6-7,9,11-13,15,17-19,22-42H2,1-5H3/b10-8-,16-14-,21-20-. The lowest BCUT2D eigenvalue weighted by Crippen LogP contribution is -2.37. The smallest absolute Gasteiger partial charge is 0.306 e. The highest BCUT2D eigenvalue weighted by molar-refractivity contribution is 7.45. The number of allylic oxidation sites excluding steroid dienone is 6. The van der Waals surface area contributed by atoms with Crippen molar-refractivity contribution in [1.82, 2.24) is 0 Å². The van der Waals surface area contributed by atoms with Crippen molar-refractivity contribution in [3.8, 4) is 0 Å². The van der Waals surface area contributed by atoms with Gasteiger partial charge in [0, 0.05) is 13.0 Å². The maximum Gasteiger partial charge on any atom is 0.306 e. The SMILES string of the molecule is CC/C=C\C/C=C\C/C=C\CCCCCCCCCCOCC(COP(=O)([O-])OCC[N+](C)(C)C)OC(=O)CCCCCCCCCCCCCCC. The number of hydrogen-bond acceptors (Lipinski definition) is 7. The molecule has 0 fully saturated rings. The first-order valence-electron chi connectivity index (χ1n) is 21.7. The number of esters is 1. The number of phosphoric ester groups is 1. The molecule has 0 rings (SSSR count). The minimum absolute atomic E-state index is 0.0252. The third kappa shape index (κ3) is 41.7. The highest BCUT2D eigenvalue weighted by Gasteiger charge is 2.20. The third-order valence-electron chi connectivity index (χ3n) is 9.21. The predicted octanol–water partition coefficient (Wildman–Crippen LogP) is 12.0. The van der Waals surface area contributed by atoms with Gasteiger partial charge in [0.2, 0.25) is 0 Å². The van der Waals surface area contributed by atoms with Gasteiger partial charge in [-0.1, -0.05) is 166 Å². The van der Waals surface area contributed by atoms with Gasteiger partial charge in [-0.05, 0) is 44.9 Å². The minimum Gasteiger partial charge on any atom is -0.756 e. The summed E-state index contributed by atoms with van der Waals surface area (Å²) in [6.07, 6.45) is 42.9. The fraction of sp³-hybridized carbons (Fsp3) is 0.841. The average Bonchev–Trinajstić information content (AvgIpc) is 3.11. The summed E-state index contributed by atoms with van der Waals surface area (Å²) >= 11 is 0. The lowest BCUT2D eigenvalue weighted by Gasteiger charge is -2.28. The number of likely N-dealkylation sites (N-methyl/N-ethyl adjacent to an activating group) is 1. The number of hydrogen-bond donors (Lipinski definition) is 0.